The first-order chi connectivity index (χ1) is 31.4. The Hall–Kier alpha value is -6.58. The van der Waals surface area contributed by atoms with E-state index in [4.69, 9.17) is 9.72 Å². The van der Waals surface area contributed by atoms with Crippen LogP contribution in [0.5, 0.6) is 11.5 Å². The van der Waals surface area contributed by atoms with Crippen LogP contribution in [-0.4, -0.2) is 36.7 Å². The van der Waals surface area contributed by atoms with Gasteiger partial charge in [0, 0.05) is 11.1 Å². The molecule has 0 atom stereocenters. The molecule has 0 saturated carbocycles. The number of fused-ring (bicyclic) bond motifs is 5. The van der Waals surface area contributed by atoms with Crippen LogP contribution in [0, 0.1) is 6.92 Å². The molecule has 0 spiro atoms. The van der Waals surface area contributed by atoms with E-state index in [1.807, 2.05) is 0 Å². The molecule has 5 nitrogen and oxygen atoms in total. The average molecular weight is 961 g/mol. The molecular weight excluding hydrogens is 908 g/mol. The zero-order chi connectivity index (χ0) is 44.6. The molecule has 65 heavy (non-hydrogen) atoms. The molecule has 4 heterocycles. The van der Waals surface area contributed by atoms with Crippen molar-refractivity contribution in [2.24, 2.45) is 0 Å². The van der Waals surface area contributed by atoms with E-state index >= 15 is 0 Å². The topological polar surface area (TPSA) is 33.5 Å². The fourth-order valence-electron chi connectivity index (χ4n) is 9.50. The molecule has 1 aliphatic rings. The fraction of sp³-hybridized carbons (Fsp3) is 0.169. The number of anilines is 4. The van der Waals surface area contributed by atoms with Gasteiger partial charge < -0.3 is 9.80 Å². The molecule has 3 aromatic heterocycles. The van der Waals surface area contributed by atoms with Crippen molar-refractivity contribution < 1.29 is 4.74 Å². The molecule has 10 aromatic rings. The number of benzene rings is 7. The summed E-state index contributed by atoms with van der Waals surface area (Å²) in [5.41, 5.74) is 16.4. The molecule has 320 valence electrons. The monoisotopic (exact) mass is 962 g/mol. The van der Waals surface area contributed by atoms with Crippen molar-refractivity contribution in [1.82, 2.24) is 9.55 Å². The van der Waals surface area contributed by atoms with Crippen LogP contribution < -0.4 is 14.5 Å². The Balaban J connectivity index is 1.04. The minimum absolute atomic E-state index is 0.0539. The van der Waals surface area contributed by atoms with Gasteiger partial charge in [0.15, 0.2) is 0 Å². The zero-order valence-corrected chi connectivity index (χ0v) is 40.4. The van der Waals surface area contributed by atoms with Gasteiger partial charge in [-0.3, -0.25) is 0 Å². The van der Waals surface area contributed by atoms with Crippen LogP contribution in [0.4, 0.5) is 22.7 Å². The summed E-state index contributed by atoms with van der Waals surface area (Å²) in [6, 6.07) is 61.9. The number of rotatable bonds is 7. The van der Waals surface area contributed by atoms with Gasteiger partial charge in [-0.05, 0) is 57.9 Å². The van der Waals surface area contributed by atoms with E-state index in [1.54, 1.807) is 0 Å². The number of hydrogen-bond donors (Lipinski definition) is 0. The number of pyridine rings is 1. The average Bonchev–Trinajstić information content (AvgIpc) is 4.03. The first kappa shape index (κ1) is 41.1. The minimum atomic E-state index is -0.323. The van der Waals surface area contributed by atoms with Crippen LogP contribution in [-0.2, 0) is 10.8 Å². The number of aryl methyl sites for hydroxylation is 1. The summed E-state index contributed by atoms with van der Waals surface area (Å²) in [6.45, 7) is 16.6. The summed E-state index contributed by atoms with van der Waals surface area (Å²) in [5.74, 6) is 2.53. The second-order valence-corrected chi connectivity index (χ2v) is 22.0. The van der Waals surface area contributed by atoms with Crippen LogP contribution in [0.25, 0.3) is 58.8 Å². The zero-order valence-electron chi connectivity index (χ0n) is 38.1. The van der Waals surface area contributed by atoms with Crippen molar-refractivity contribution in [1.29, 1.82) is 0 Å². The van der Waals surface area contributed by atoms with Crippen molar-refractivity contribution in [2.75, 3.05) is 16.5 Å². The van der Waals surface area contributed by atoms with Crippen LogP contribution >= 0.6 is 0 Å². The second-order valence-electron chi connectivity index (χ2n) is 19.4. The third-order valence-electron chi connectivity index (χ3n) is 12.9. The number of nitrogens with zero attached hydrogens (tertiary/aromatic N) is 4. The molecule has 1 aliphatic heterocycles. The third kappa shape index (κ3) is 7.40. The van der Waals surface area contributed by atoms with Crippen molar-refractivity contribution in [2.45, 2.75) is 59.3 Å². The number of ether oxygens (including phenoxy) is 1. The van der Waals surface area contributed by atoms with Gasteiger partial charge in [0.05, 0.1) is 17.1 Å². The van der Waals surface area contributed by atoms with Gasteiger partial charge >= 0.3 is 177 Å². The van der Waals surface area contributed by atoms with Gasteiger partial charge in [-0.1, -0.05) is 114 Å². The van der Waals surface area contributed by atoms with Crippen molar-refractivity contribution in [3.05, 3.63) is 191 Å². The summed E-state index contributed by atoms with van der Waals surface area (Å²) in [4.78, 5) is 10.2. The predicted octanol–water partition coefficient (Wildman–Crippen LogP) is 15.7. The molecule has 0 aliphatic carbocycles. The van der Waals surface area contributed by atoms with Gasteiger partial charge in [0.1, 0.15) is 6.67 Å². The maximum absolute atomic E-state index is 7.03. The van der Waals surface area contributed by atoms with Crippen molar-refractivity contribution in [3.8, 4) is 39.6 Å². The Morgan fingerprint density at radius 1 is 0.538 bits per heavy atom. The number of aromatic nitrogens is 2. The van der Waals surface area contributed by atoms with Crippen LogP contribution in [0.2, 0.25) is 0 Å². The van der Waals surface area contributed by atoms with Crippen LogP contribution in [0.1, 0.15) is 58.2 Å². The molecule has 0 N–H and O–H groups in total. The van der Waals surface area contributed by atoms with E-state index in [2.05, 4.69) is 237 Å². The van der Waals surface area contributed by atoms with E-state index < -0.39 is 0 Å². The van der Waals surface area contributed by atoms with Crippen LogP contribution in [0.3, 0.4) is 0 Å². The van der Waals surface area contributed by atoms with E-state index in [1.165, 1.54) is 64.5 Å². The second kappa shape index (κ2) is 15.8. The summed E-state index contributed by atoms with van der Waals surface area (Å²) >= 11 is -0.323. The third-order valence-corrected chi connectivity index (χ3v) is 15.9. The Kier molecular flexibility index (Phi) is 10.0. The molecule has 0 radical (unpaired) electrons. The summed E-state index contributed by atoms with van der Waals surface area (Å²) in [6.07, 6.45) is 0. The fourth-order valence-corrected chi connectivity index (χ4v) is 11.8. The number of para-hydroxylation sites is 3. The Bertz CT molecular complexity index is 3360. The Labute approximate surface area is 391 Å². The van der Waals surface area contributed by atoms with E-state index in [0.717, 1.165) is 45.2 Å². The van der Waals surface area contributed by atoms with Crippen molar-refractivity contribution >= 4 is 73.9 Å². The van der Waals surface area contributed by atoms with Gasteiger partial charge in [-0.15, -0.1) is 0 Å². The summed E-state index contributed by atoms with van der Waals surface area (Å²) in [7, 11) is 0. The molecule has 11 rings (SSSR count). The molecule has 0 unspecified atom stereocenters. The summed E-state index contributed by atoms with van der Waals surface area (Å²) in [5, 5.41) is 2.38. The van der Waals surface area contributed by atoms with Crippen molar-refractivity contribution in [3.63, 3.8) is 0 Å². The van der Waals surface area contributed by atoms with Crippen LogP contribution in [0.15, 0.2) is 174 Å². The summed E-state index contributed by atoms with van der Waals surface area (Å²) < 4.78 is 13.1. The quantitative estimate of drug-likeness (QED) is 0.149. The molecule has 0 amide bonds. The van der Waals surface area contributed by atoms with E-state index in [9.17, 15) is 0 Å². The molecule has 6 heteroatoms. The molecule has 0 bridgehead atoms. The molecule has 7 aromatic carbocycles. The Morgan fingerprint density at radius 3 is 1.82 bits per heavy atom. The molecular formula is C59H52N4OTe. The first-order valence-corrected chi connectivity index (χ1v) is 25.1. The predicted molar refractivity (Wildman–Crippen MR) is 275 cm³/mol. The van der Waals surface area contributed by atoms with Gasteiger partial charge in [-0.25, -0.2) is 0 Å². The van der Waals surface area contributed by atoms with Gasteiger partial charge in [0.25, 0.3) is 0 Å². The normalized spacial score (nSPS) is 13.0. The SMILES string of the molecule is Cc1cc(-n2c3ccccc3c3ccc(Oc4cc(N5CN(c6c(-c7ccccc7)cc(C(C)(C)C)cc6-c6ccccc6)c6ccccc65)cc(C(C)(C)C)c4)cc32)nc2cc[te]c12. The maximum atomic E-state index is 7.03. The number of hydrogen-bond acceptors (Lipinski definition) is 4. The Morgan fingerprint density at radius 2 is 1.14 bits per heavy atom. The van der Waals surface area contributed by atoms with Gasteiger partial charge in [-0.2, -0.15) is 0 Å². The first-order valence-electron chi connectivity index (χ1n) is 22.5. The van der Waals surface area contributed by atoms with E-state index in [-0.39, 0.29) is 31.3 Å². The standard InChI is InChI=1S/C59H52N4OTe/c1-38-30-55(60-50-28-29-65-57(38)50)63-51-23-15-14-22-46(51)47-27-26-44(36-54(47)63)64-45-32-41(58(2,3)4)31-43(35-45)61-37-62(53-25-17-16-24-52(53)61)56-48(39-18-10-8-11-19-39)33-42(59(5,6)7)34-49(56)40-20-12-9-13-21-40/h8-36H,37H2,1-7H3. The van der Waals surface area contributed by atoms with Gasteiger partial charge in [0.2, 0.25) is 0 Å². The molecule has 0 saturated heterocycles. The van der Waals surface area contributed by atoms with E-state index in [0.29, 0.717) is 6.67 Å². The molecule has 0 fully saturated rings.